The largest absolute Gasteiger partial charge is 0.312 e. The third-order valence-corrected chi connectivity index (χ3v) is 5.91. The van der Waals surface area contributed by atoms with E-state index in [1.165, 1.54) is 20.5 Å². The lowest BCUT2D eigenvalue weighted by molar-refractivity contribution is 0.603. The van der Waals surface area contributed by atoms with Gasteiger partial charge in [0.05, 0.1) is 0 Å². The number of rotatable bonds is 3. The molecule has 0 amide bonds. The molecule has 1 aliphatic rings. The van der Waals surface area contributed by atoms with E-state index in [4.69, 9.17) is 0 Å². The van der Waals surface area contributed by atoms with E-state index in [9.17, 15) is 0 Å². The Labute approximate surface area is 126 Å². The molecular weight excluding hydrogens is 318 g/mol. The molecule has 0 aromatic heterocycles. The van der Waals surface area contributed by atoms with E-state index in [1.807, 2.05) is 11.8 Å². The minimum atomic E-state index is 0.438. The van der Waals surface area contributed by atoms with Crippen molar-refractivity contribution < 1.29 is 0 Å². The molecule has 0 spiro atoms. The van der Waals surface area contributed by atoms with Crippen LogP contribution >= 0.6 is 27.7 Å². The summed E-state index contributed by atoms with van der Waals surface area (Å²) in [5.74, 6) is 0. The van der Waals surface area contributed by atoms with Gasteiger partial charge in [-0.2, -0.15) is 0 Å². The van der Waals surface area contributed by atoms with Crippen LogP contribution in [0.2, 0.25) is 0 Å². The van der Waals surface area contributed by atoms with E-state index in [0.717, 1.165) is 6.42 Å². The zero-order valence-corrected chi connectivity index (χ0v) is 13.2. The number of nitrogens with one attached hydrogen (secondary N) is 1. The zero-order chi connectivity index (χ0) is 13.2. The van der Waals surface area contributed by atoms with E-state index in [2.05, 4.69) is 76.8 Å². The van der Waals surface area contributed by atoms with Crippen molar-refractivity contribution in [3.05, 3.63) is 64.1 Å². The highest BCUT2D eigenvalue weighted by Gasteiger charge is 2.31. The van der Waals surface area contributed by atoms with Crippen LogP contribution in [-0.4, -0.2) is 12.3 Å². The fourth-order valence-electron chi connectivity index (χ4n) is 2.71. The molecule has 1 aliphatic carbocycles. The Hall–Kier alpha value is -0.770. The summed E-state index contributed by atoms with van der Waals surface area (Å²) in [6, 6.07) is 17.7. The predicted molar refractivity (Wildman–Crippen MR) is 85.7 cm³/mol. The number of halogens is 1. The van der Waals surface area contributed by atoms with Gasteiger partial charge in [0.1, 0.15) is 0 Å². The third kappa shape index (κ3) is 2.60. The minimum absolute atomic E-state index is 0.438. The number of hydrogen-bond acceptors (Lipinski definition) is 2. The Morgan fingerprint density at radius 3 is 2.63 bits per heavy atom. The molecule has 1 N–H and O–H groups in total. The van der Waals surface area contributed by atoms with E-state index >= 15 is 0 Å². The topological polar surface area (TPSA) is 12.0 Å². The van der Waals surface area contributed by atoms with Crippen molar-refractivity contribution in [1.29, 1.82) is 0 Å². The summed E-state index contributed by atoms with van der Waals surface area (Å²) in [7, 11) is 2.06. The Kier molecular flexibility index (Phi) is 3.96. The first-order chi connectivity index (χ1) is 9.29. The van der Waals surface area contributed by atoms with Gasteiger partial charge in [0.25, 0.3) is 0 Å². The fourth-order valence-corrected chi connectivity index (χ4v) is 4.62. The molecule has 98 valence electrons. The van der Waals surface area contributed by atoms with Crippen LogP contribution in [0, 0.1) is 0 Å². The standard InChI is InChI=1S/C16H16BrNS/c1-18-16-12-7-3-2-6-11(12)10-15(16)19-14-9-5-4-8-13(14)17/h2-9,15-16,18H,10H2,1H3. The first kappa shape index (κ1) is 13.2. The number of hydrogen-bond donors (Lipinski definition) is 1. The maximum Gasteiger partial charge on any atom is 0.0447 e. The van der Waals surface area contributed by atoms with Gasteiger partial charge in [-0.05, 0) is 52.7 Å². The molecule has 2 aromatic rings. The quantitative estimate of drug-likeness (QED) is 0.891. The Balaban J connectivity index is 1.86. The summed E-state index contributed by atoms with van der Waals surface area (Å²) in [5, 5.41) is 4.03. The number of fused-ring (bicyclic) bond motifs is 1. The maximum atomic E-state index is 3.64. The van der Waals surface area contributed by atoms with Crippen molar-refractivity contribution in [3.8, 4) is 0 Å². The van der Waals surface area contributed by atoms with Gasteiger partial charge in [-0.1, -0.05) is 36.4 Å². The summed E-state index contributed by atoms with van der Waals surface area (Å²) in [5.41, 5.74) is 2.93. The summed E-state index contributed by atoms with van der Waals surface area (Å²) in [6.45, 7) is 0. The third-order valence-electron chi connectivity index (χ3n) is 3.61. The molecule has 0 saturated heterocycles. The summed E-state index contributed by atoms with van der Waals surface area (Å²) >= 11 is 5.60. The van der Waals surface area contributed by atoms with Gasteiger partial charge in [0.15, 0.2) is 0 Å². The molecule has 3 heteroatoms. The van der Waals surface area contributed by atoms with Crippen LogP contribution in [0.3, 0.4) is 0 Å². The molecule has 0 heterocycles. The van der Waals surface area contributed by atoms with Crippen LogP contribution in [0.4, 0.5) is 0 Å². The van der Waals surface area contributed by atoms with Crippen LogP contribution in [0.5, 0.6) is 0 Å². The zero-order valence-electron chi connectivity index (χ0n) is 10.8. The molecule has 2 atom stereocenters. The Morgan fingerprint density at radius 2 is 1.84 bits per heavy atom. The molecule has 2 aromatic carbocycles. The molecular formula is C16H16BrNS. The fraction of sp³-hybridized carbons (Fsp3) is 0.250. The van der Waals surface area contributed by atoms with Crippen molar-refractivity contribution in [2.45, 2.75) is 22.6 Å². The number of benzene rings is 2. The lowest BCUT2D eigenvalue weighted by Crippen LogP contribution is -2.23. The van der Waals surface area contributed by atoms with Crippen molar-refractivity contribution in [3.63, 3.8) is 0 Å². The van der Waals surface area contributed by atoms with Gasteiger partial charge in [-0.15, -0.1) is 11.8 Å². The highest BCUT2D eigenvalue weighted by molar-refractivity contribution is 9.10. The van der Waals surface area contributed by atoms with Gasteiger partial charge in [-0.25, -0.2) is 0 Å². The van der Waals surface area contributed by atoms with Gasteiger partial charge in [0, 0.05) is 20.7 Å². The monoisotopic (exact) mass is 333 g/mol. The first-order valence-corrected chi connectivity index (χ1v) is 8.13. The average Bonchev–Trinajstić information content (AvgIpc) is 2.78. The van der Waals surface area contributed by atoms with Crippen LogP contribution < -0.4 is 5.32 Å². The molecule has 0 fully saturated rings. The van der Waals surface area contributed by atoms with Crippen LogP contribution in [0.25, 0.3) is 0 Å². The summed E-state index contributed by atoms with van der Waals surface area (Å²) < 4.78 is 1.19. The maximum absolute atomic E-state index is 3.64. The van der Waals surface area contributed by atoms with E-state index in [0.29, 0.717) is 11.3 Å². The van der Waals surface area contributed by atoms with Gasteiger partial charge < -0.3 is 5.32 Å². The Bertz CT molecular complexity index is 584. The van der Waals surface area contributed by atoms with Gasteiger partial charge >= 0.3 is 0 Å². The average molecular weight is 334 g/mol. The SMILES string of the molecule is CNC1c2ccccc2CC1Sc1ccccc1Br. The van der Waals surface area contributed by atoms with Crippen molar-refractivity contribution in [2.75, 3.05) is 7.05 Å². The molecule has 2 unspecified atom stereocenters. The van der Waals surface area contributed by atoms with E-state index < -0.39 is 0 Å². The molecule has 0 saturated carbocycles. The van der Waals surface area contributed by atoms with Crippen LogP contribution in [0.15, 0.2) is 57.9 Å². The highest BCUT2D eigenvalue weighted by atomic mass is 79.9. The van der Waals surface area contributed by atoms with Crippen LogP contribution in [0.1, 0.15) is 17.2 Å². The molecule has 0 aliphatic heterocycles. The smallest absolute Gasteiger partial charge is 0.0447 e. The van der Waals surface area contributed by atoms with Crippen LogP contribution in [-0.2, 0) is 6.42 Å². The minimum Gasteiger partial charge on any atom is -0.312 e. The van der Waals surface area contributed by atoms with Gasteiger partial charge in [-0.3, -0.25) is 0 Å². The summed E-state index contributed by atoms with van der Waals surface area (Å²) in [4.78, 5) is 1.32. The normalized spacial score (nSPS) is 21.4. The second-order valence-corrected chi connectivity index (χ2v) is 6.89. The molecule has 1 nitrogen and oxygen atoms in total. The first-order valence-electron chi connectivity index (χ1n) is 6.46. The van der Waals surface area contributed by atoms with Crippen molar-refractivity contribution in [1.82, 2.24) is 5.32 Å². The second kappa shape index (κ2) is 5.70. The molecule has 0 bridgehead atoms. The van der Waals surface area contributed by atoms with Crippen molar-refractivity contribution in [2.24, 2.45) is 0 Å². The lowest BCUT2D eigenvalue weighted by atomic mass is 10.1. The molecule has 0 radical (unpaired) electrons. The highest BCUT2D eigenvalue weighted by Crippen LogP contribution is 2.42. The molecule has 19 heavy (non-hydrogen) atoms. The Morgan fingerprint density at radius 1 is 1.11 bits per heavy atom. The number of thioether (sulfide) groups is 1. The second-order valence-electron chi connectivity index (χ2n) is 4.76. The molecule has 3 rings (SSSR count). The lowest BCUT2D eigenvalue weighted by Gasteiger charge is -2.20. The van der Waals surface area contributed by atoms with E-state index in [-0.39, 0.29) is 0 Å². The van der Waals surface area contributed by atoms with Crippen molar-refractivity contribution >= 4 is 27.7 Å². The van der Waals surface area contributed by atoms with Gasteiger partial charge in [0.2, 0.25) is 0 Å². The predicted octanol–water partition coefficient (Wildman–Crippen LogP) is 4.43. The van der Waals surface area contributed by atoms with E-state index in [1.54, 1.807) is 0 Å². The summed E-state index contributed by atoms with van der Waals surface area (Å²) in [6.07, 6.45) is 1.13.